The lowest BCUT2D eigenvalue weighted by molar-refractivity contribution is -0.137. The number of nitrogens with two attached hydrogens (primary N) is 1. The highest BCUT2D eigenvalue weighted by atomic mass is 35.5. The number of halogens is 4. The van der Waals surface area contributed by atoms with Crippen molar-refractivity contribution in [1.29, 1.82) is 0 Å². The lowest BCUT2D eigenvalue weighted by atomic mass is 9.98. The molecule has 118 valence electrons. The number of hydrogen-bond donors (Lipinski definition) is 2. The molecule has 1 aromatic rings. The summed E-state index contributed by atoms with van der Waals surface area (Å²) in [5, 5.41) is 2.74. The molecule has 0 saturated carbocycles. The first-order valence-electron chi connectivity index (χ1n) is 6.12. The average molecular weight is 343 g/mol. The maximum atomic E-state index is 12.8. The Labute approximate surface area is 125 Å². The minimum absolute atomic E-state index is 0.0000938. The van der Waals surface area contributed by atoms with E-state index < -0.39 is 27.1 Å². The topological polar surface area (TPSA) is 72.2 Å². The summed E-state index contributed by atoms with van der Waals surface area (Å²) >= 11 is 5.70. The first kappa shape index (κ1) is 16.4. The van der Waals surface area contributed by atoms with Crippen molar-refractivity contribution in [2.24, 2.45) is 5.73 Å². The largest absolute Gasteiger partial charge is 0.416 e. The molecule has 9 heteroatoms. The Kier molecular flexibility index (Phi) is 4.16. The summed E-state index contributed by atoms with van der Waals surface area (Å²) in [6, 6.07) is 3.03. The Bertz CT molecular complexity index is 648. The predicted molar refractivity (Wildman–Crippen MR) is 75.1 cm³/mol. The molecule has 0 aromatic heterocycles. The van der Waals surface area contributed by atoms with Crippen LogP contribution in [0.4, 0.5) is 18.9 Å². The van der Waals surface area contributed by atoms with Crippen LogP contribution >= 0.6 is 11.6 Å². The van der Waals surface area contributed by atoms with Crippen LogP contribution in [0.5, 0.6) is 0 Å². The van der Waals surface area contributed by atoms with Gasteiger partial charge in [0.2, 0.25) is 0 Å². The van der Waals surface area contributed by atoms with Crippen molar-refractivity contribution in [3.05, 3.63) is 28.8 Å². The van der Waals surface area contributed by atoms with Gasteiger partial charge in [0.15, 0.2) is 9.84 Å². The van der Waals surface area contributed by atoms with E-state index in [0.29, 0.717) is 0 Å². The van der Waals surface area contributed by atoms with Crippen LogP contribution in [-0.4, -0.2) is 32.0 Å². The normalized spacial score (nSPS) is 25.0. The number of alkyl halides is 3. The smallest absolute Gasteiger partial charge is 0.377 e. The fourth-order valence-corrected chi connectivity index (χ4v) is 4.62. The van der Waals surface area contributed by atoms with E-state index in [0.717, 1.165) is 12.1 Å². The molecular weight excluding hydrogens is 329 g/mol. The Balaban J connectivity index is 2.33. The Morgan fingerprint density at radius 2 is 2.00 bits per heavy atom. The summed E-state index contributed by atoms with van der Waals surface area (Å²) in [7, 11) is -3.23. The molecule has 0 radical (unpaired) electrons. The molecule has 0 bridgehead atoms. The number of anilines is 1. The summed E-state index contributed by atoms with van der Waals surface area (Å²) in [6.45, 7) is 0.0000938. The van der Waals surface area contributed by atoms with Gasteiger partial charge in [-0.1, -0.05) is 11.6 Å². The standard InChI is InChI=1S/C12H14ClF3N2O2S/c13-9-3-8(12(14,15)16)4-10(5-9)18-11(6-17)1-2-21(19,20)7-11/h3-5,18H,1-2,6-7,17H2. The Hall–Kier alpha value is -0.990. The van der Waals surface area contributed by atoms with Gasteiger partial charge < -0.3 is 11.1 Å². The fraction of sp³-hybridized carbons (Fsp3) is 0.500. The molecule has 1 heterocycles. The van der Waals surface area contributed by atoms with Gasteiger partial charge in [0.1, 0.15) is 0 Å². The molecule has 21 heavy (non-hydrogen) atoms. The molecule has 0 spiro atoms. The van der Waals surface area contributed by atoms with Crippen molar-refractivity contribution in [2.45, 2.75) is 18.1 Å². The molecule has 4 nitrogen and oxygen atoms in total. The van der Waals surface area contributed by atoms with E-state index in [1.807, 2.05) is 0 Å². The molecule has 0 amide bonds. The van der Waals surface area contributed by atoms with E-state index in [4.69, 9.17) is 17.3 Å². The summed E-state index contributed by atoms with van der Waals surface area (Å²) in [5.41, 5.74) is 3.88. The van der Waals surface area contributed by atoms with Crippen LogP contribution in [0, 0.1) is 0 Å². The van der Waals surface area contributed by atoms with Gasteiger partial charge in [-0.15, -0.1) is 0 Å². The maximum absolute atomic E-state index is 12.8. The molecule has 2 rings (SSSR count). The van der Waals surface area contributed by atoms with E-state index >= 15 is 0 Å². The summed E-state index contributed by atoms with van der Waals surface area (Å²) in [5.74, 6) is -0.242. The lowest BCUT2D eigenvalue weighted by Crippen LogP contribution is -2.46. The van der Waals surface area contributed by atoms with Gasteiger partial charge in [-0.25, -0.2) is 8.42 Å². The quantitative estimate of drug-likeness (QED) is 0.884. The van der Waals surface area contributed by atoms with Gasteiger partial charge in [-0.05, 0) is 24.6 Å². The summed E-state index contributed by atoms with van der Waals surface area (Å²) in [6.07, 6.45) is -4.28. The van der Waals surface area contributed by atoms with E-state index in [-0.39, 0.29) is 35.2 Å². The molecule has 3 N–H and O–H groups in total. The van der Waals surface area contributed by atoms with Crippen molar-refractivity contribution >= 4 is 27.1 Å². The van der Waals surface area contributed by atoms with Gasteiger partial charge in [0.25, 0.3) is 0 Å². The van der Waals surface area contributed by atoms with Crippen molar-refractivity contribution in [3.8, 4) is 0 Å². The zero-order valence-electron chi connectivity index (χ0n) is 10.9. The summed E-state index contributed by atoms with van der Waals surface area (Å²) in [4.78, 5) is 0. The minimum atomic E-state index is -4.53. The highest BCUT2D eigenvalue weighted by molar-refractivity contribution is 7.91. The average Bonchev–Trinajstić information content (AvgIpc) is 2.64. The van der Waals surface area contributed by atoms with E-state index in [1.165, 1.54) is 6.07 Å². The van der Waals surface area contributed by atoms with Gasteiger partial charge in [0.05, 0.1) is 22.6 Å². The van der Waals surface area contributed by atoms with Gasteiger partial charge >= 0.3 is 6.18 Å². The molecule has 1 aliphatic rings. The third kappa shape index (κ3) is 3.81. The number of benzene rings is 1. The fourth-order valence-electron chi connectivity index (χ4n) is 2.36. The third-order valence-electron chi connectivity index (χ3n) is 3.41. The molecule has 1 fully saturated rings. The first-order chi connectivity index (χ1) is 9.55. The van der Waals surface area contributed by atoms with Crippen LogP contribution < -0.4 is 11.1 Å². The van der Waals surface area contributed by atoms with Gasteiger partial charge in [-0.2, -0.15) is 13.2 Å². The van der Waals surface area contributed by atoms with Crippen LogP contribution in [0.15, 0.2) is 18.2 Å². The van der Waals surface area contributed by atoms with E-state index in [2.05, 4.69) is 5.32 Å². The van der Waals surface area contributed by atoms with Crippen molar-refractivity contribution < 1.29 is 21.6 Å². The monoisotopic (exact) mass is 342 g/mol. The number of nitrogens with one attached hydrogen (secondary N) is 1. The number of rotatable bonds is 3. The predicted octanol–water partition coefficient (Wildman–Crippen LogP) is 2.29. The molecular formula is C12H14ClF3N2O2S. The van der Waals surface area contributed by atoms with Gasteiger partial charge in [-0.3, -0.25) is 0 Å². The Morgan fingerprint density at radius 3 is 2.48 bits per heavy atom. The molecule has 1 atom stereocenters. The molecule has 1 unspecified atom stereocenters. The van der Waals surface area contributed by atoms with Gasteiger partial charge in [0, 0.05) is 17.3 Å². The maximum Gasteiger partial charge on any atom is 0.416 e. The van der Waals surface area contributed by atoms with Crippen molar-refractivity contribution in [3.63, 3.8) is 0 Å². The molecule has 1 aromatic carbocycles. The van der Waals surface area contributed by atoms with Crippen LogP contribution in [-0.2, 0) is 16.0 Å². The van der Waals surface area contributed by atoms with E-state index in [1.54, 1.807) is 0 Å². The molecule has 0 aliphatic carbocycles. The highest BCUT2D eigenvalue weighted by Crippen LogP contribution is 2.35. The zero-order chi connectivity index (χ0) is 15.9. The Morgan fingerprint density at radius 1 is 1.33 bits per heavy atom. The second-order valence-corrected chi connectivity index (χ2v) is 7.80. The number of hydrogen-bond acceptors (Lipinski definition) is 4. The second kappa shape index (κ2) is 5.33. The van der Waals surface area contributed by atoms with E-state index in [9.17, 15) is 21.6 Å². The summed E-state index contributed by atoms with van der Waals surface area (Å²) < 4.78 is 61.4. The van der Waals surface area contributed by atoms with Crippen molar-refractivity contribution in [1.82, 2.24) is 0 Å². The number of sulfone groups is 1. The van der Waals surface area contributed by atoms with Crippen LogP contribution in [0.1, 0.15) is 12.0 Å². The highest BCUT2D eigenvalue weighted by Gasteiger charge is 2.41. The van der Waals surface area contributed by atoms with Crippen LogP contribution in [0.3, 0.4) is 0 Å². The van der Waals surface area contributed by atoms with Crippen LogP contribution in [0.2, 0.25) is 5.02 Å². The zero-order valence-corrected chi connectivity index (χ0v) is 12.4. The molecule has 1 saturated heterocycles. The first-order valence-corrected chi connectivity index (χ1v) is 8.32. The minimum Gasteiger partial charge on any atom is -0.377 e. The molecule has 1 aliphatic heterocycles. The lowest BCUT2D eigenvalue weighted by Gasteiger charge is -2.29. The SMILES string of the molecule is NCC1(Nc2cc(Cl)cc(C(F)(F)F)c2)CCS(=O)(=O)C1. The van der Waals surface area contributed by atoms with Crippen LogP contribution in [0.25, 0.3) is 0 Å². The third-order valence-corrected chi connectivity index (χ3v) is 5.45. The second-order valence-electron chi connectivity index (χ2n) is 5.18. The van der Waals surface area contributed by atoms with Crippen molar-refractivity contribution in [2.75, 3.05) is 23.4 Å².